The molecule has 0 saturated heterocycles. The van der Waals surface area contributed by atoms with Crippen molar-refractivity contribution < 1.29 is 9.47 Å². The fraction of sp³-hybridized carbons (Fsp3) is 0.143. The van der Waals surface area contributed by atoms with Crippen molar-refractivity contribution in [2.45, 2.75) is 38.5 Å². The van der Waals surface area contributed by atoms with Gasteiger partial charge < -0.3 is 14.8 Å². The molecular weight excluding hydrogens is 550 g/mol. The Balaban J connectivity index is 0.997. The minimum absolute atomic E-state index is 0.137. The molecule has 1 N–H and O–H groups in total. The lowest BCUT2D eigenvalue weighted by molar-refractivity contribution is 0.418. The maximum absolute atomic E-state index is 6.26. The Morgan fingerprint density at radius 1 is 0.378 bits per heavy atom. The molecule has 0 fully saturated rings. The standard InChI is InChI=1S/C42H35NO2/c1-41(2)33-9-5-7-11-37(33)44-39-23-17-29(25-35(39)41)27-13-19-31(20-14-27)43-32-21-15-28(16-22-32)30-18-24-40-36(26-30)42(3,4)34-10-6-8-12-38(34)45-40/h5-26,43H,1-4H3. The van der Waals surface area contributed by atoms with Crippen LogP contribution in [0.3, 0.4) is 0 Å². The molecule has 0 atom stereocenters. The number of ether oxygens (including phenoxy) is 2. The monoisotopic (exact) mass is 585 g/mol. The van der Waals surface area contributed by atoms with Crippen LogP contribution in [0.15, 0.2) is 133 Å². The Kier molecular flexibility index (Phi) is 6.15. The maximum Gasteiger partial charge on any atom is 0.131 e. The Labute approximate surface area is 265 Å². The molecular formula is C42H35NO2. The molecule has 3 heteroatoms. The van der Waals surface area contributed by atoms with Gasteiger partial charge in [-0.15, -0.1) is 0 Å². The van der Waals surface area contributed by atoms with Gasteiger partial charge in [0, 0.05) is 44.5 Å². The van der Waals surface area contributed by atoms with E-state index in [1.807, 2.05) is 12.1 Å². The average molecular weight is 586 g/mol. The first-order valence-corrected chi connectivity index (χ1v) is 15.6. The van der Waals surface area contributed by atoms with Crippen molar-refractivity contribution in [3.8, 4) is 45.3 Å². The molecule has 0 radical (unpaired) electrons. The third-order valence-corrected chi connectivity index (χ3v) is 9.59. The van der Waals surface area contributed by atoms with Crippen molar-refractivity contribution in [1.82, 2.24) is 0 Å². The summed E-state index contributed by atoms with van der Waals surface area (Å²) in [6.07, 6.45) is 0. The van der Waals surface area contributed by atoms with Crippen molar-refractivity contribution in [3.63, 3.8) is 0 Å². The molecule has 2 heterocycles. The molecule has 0 bridgehead atoms. The lowest BCUT2D eigenvalue weighted by atomic mass is 9.75. The van der Waals surface area contributed by atoms with E-state index in [4.69, 9.17) is 9.47 Å². The topological polar surface area (TPSA) is 30.5 Å². The maximum atomic E-state index is 6.26. The van der Waals surface area contributed by atoms with Gasteiger partial charge in [-0.05, 0) is 82.9 Å². The molecule has 6 aromatic carbocycles. The van der Waals surface area contributed by atoms with E-state index in [0.717, 1.165) is 34.4 Å². The van der Waals surface area contributed by atoms with Crippen LogP contribution in [0.5, 0.6) is 23.0 Å². The summed E-state index contributed by atoms with van der Waals surface area (Å²) in [6, 6.07) is 47.0. The highest BCUT2D eigenvalue weighted by atomic mass is 16.5. The highest BCUT2D eigenvalue weighted by Gasteiger charge is 2.35. The highest BCUT2D eigenvalue weighted by Crippen LogP contribution is 2.50. The molecule has 0 amide bonds. The van der Waals surface area contributed by atoms with Gasteiger partial charge in [-0.1, -0.05) is 100 Å². The zero-order valence-corrected chi connectivity index (χ0v) is 26.0. The second kappa shape index (κ2) is 10.1. The average Bonchev–Trinajstić information content (AvgIpc) is 3.06. The molecule has 0 spiro atoms. The Bertz CT molecular complexity index is 1920. The number of fused-ring (bicyclic) bond motifs is 4. The second-order valence-electron chi connectivity index (χ2n) is 13.1. The molecule has 0 aliphatic carbocycles. The summed E-state index contributed by atoms with van der Waals surface area (Å²) in [5.74, 6) is 3.75. The van der Waals surface area contributed by atoms with E-state index in [1.165, 1.54) is 44.5 Å². The third kappa shape index (κ3) is 4.58. The minimum atomic E-state index is -0.137. The SMILES string of the molecule is CC1(C)c2ccccc2Oc2ccc(-c3ccc(Nc4ccc(-c5ccc6c(c5)C(C)(C)c5ccccc5O6)cc4)cc3)cc21. The van der Waals surface area contributed by atoms with Crippen LogP contribution in [0.4, 0.5) is 11.4 Å². The fourth-order valence-corrected chi connectivity index (χ4v) is 6.90. The first kappa shape index (κ1) is 27.3. The minimum Gasteiger partial charge on any atom is -0.457 e. The molecule has 0 unspecified atom stereocenters. The van der Waals surface area contributed by atoms with E-state index in [2.05, 4.69) is 154 Å². The van der Waals surface area contributed by atoms with Crippen molar-refractivity contribution in [2.75, 3.05) is 5.32 Å². The molecule has 45 heavy (non-hydrogen) atoms. The van der Waals surface area contributed by atoms with E-state index in [1.54, 1.807) is 0 Å². The first-order chi connectivity index (χ1) is 21.8. The number of rotatable bonds is 4. The van der Waals surface area contributed by atoms with Crippen molar-refractivity contribution in [3.05, 3.63) is 156 Å². The van der Waals surface area contributed by atoms with E-state index in [9.17, 15) is 0 Å². The van der Waals surface area contributed by atoms with Crippen LogP contribution in [0.2, 0.25) is 0 Å². The number of benzene rings is 6. The Morgan fingerprint density at radius 2 is 0.733 bits per heavy atom. The molecule has 0 aromatic heterocycles. The summed E-state index contributed by atoms with van der Waals surface area (Å²) < 4.78 is 12.5. The summed E-state index contributed by atoms with van der Waals surface area (Å²) in [5.41, 5.74) is 11.4. The molecule has 0 saturated carbocycles. The van der Waals surface area contributed by atoms with Crippen LogP contribution in [0, 0.1) is 0 Å². The number of nitrogens with one attached hydrogen (secondary N) is 1. The van der Waals surface area contributed by atoms with Crippen LogP contribution in [0.25, 0.3) is 22.3 Å². The van der Waals surface area contributed by atoms with Crippen LogP contribution < -0.4 is 14.8 Å². The first-order valence-electron chi connectivity index (χ1n) is 15.6. The van der Waals surface area contributed by atoms with Gasteiger partial charge in [0.1, 0.15) is 23.0 Å². The van der Waals surface area contributed by atoms with E-state index < -0.39 is 0 Å². The van der Waals surface area contributed by atoms with Crippen molar-refractivity contribution in [2.24, 2.45) is 0 Å². The van der Waals surface area contributed by atoms with Crippen molar-refractivity contribution in [1.29, 1.82) is 0 Å². The molecule has 6 aromatic rings. The second-order valence-corrected chi connectivity index (χ2v) is 13.1. The van der Waals surface area contributed by atoms with Gasteiger partial charge in [0.2, 0.25) is 0 Å². The van der Waals surface area contributed by atoms with Gasteiger partial charge in [-0.2, -0.15) is 0 Å². The highest BCUT2D eigenvalue weighted by molar-refractivity contribution is 5.74. The van der Waals surface area contributed by atoms with Crippen LogP contribution in [-0.2, 0) is 10.8 Å². The zero-order chi connectivity index (χ0) is 30.8. The molecule has 2 aliphatic rings. The van der Waals surface area contributed by atoms with Crippen LogP contribution >= 0.6 is 0 Å². The number of hydrogen-bond acceptors (Lipinski definition) is 3. The van der Waals surface area contributed by atoms with Gasteiger partial charge in [0.25, 0.3) is 0 Å². The Morgan fingerprint density at radius 3 is 1.16 bits per heavy atom. The normalized spacial score (nSPS) is 14.9. The zero-order valence-electron chi connectivity index (χ0n) is 26.0. The smallest absolute Gasteiger partial charge is 0.131 e. The van der Waals surface area contributed by atoms with E-state index in [0.29, 0.717) is 0 Å². The largest absolute Gasteiger partial charge is 0.457 e. The quantitative estimate of drug-likeness (QED) is 0.223. The lowest BCUT2D eigenvalue weighted by Crippen LogP contribution is -2.24. The molecule has 8 rings (SSSR count). The Hall–Kier alpha value is -5.28. The number of hydrogen-bond donors (Lipinski definition) is 1. The van der Waals surface area contributed by atoms with Crippen LogP contribution in [0.1, 0.15) is 49.9 Å². The van der Waals surface area contributed by atoms with Crippen LogP contribution in [-0.4, -0.2) is 0 Å². The van der Waals surface area contributed by atoms with Gasteiger partial charge in [-0.3, -0.25) is 0 Å². The van der Waals surface area contributed by atoms with E-state index >= 15 is 0 Å². The predicted octanol–water partition coefficient (Wildman–Crippen LogP) is 11.6. The molecule has 2 aliphatic heterocycles. The van der Waals surface area contributed by atoms with Gasteiger partial charge in [0.05, 0.1) is 0 Å². The lowest BCUT2D eigenvalue weighted by Gasteiger charge is -2.34. The fourth-order valence-electron chi connectivity index (χ4n) is 6.90. The molecule has 220 valence electrons. The summed E-state index contributed by atoms with van der Waals surface area (Å²) in [6.45, 7) is 9.09. The molecule has 3 nitrogen and oxygen atoms in total. The predicted molar refractivity (Wildman–Crippen MR) is 184 cm³/mol. The van der Waals surface area contributed by atoms with Gasteiger partial charge >= 0.3 is 0 Å². The summed E-state index contributed by atoms with van der Waals surface area (Å²) >= 11 is 0. The van der Waals surface area contributed by atoms with Gasteiger partial charge in [0.15, 0.2) is 0 Å². The van der Waals surface area contributed by atoms with Crippen molar-refractivity contribution >= 4 is 11.4 Å². The van der Waals surface area contributed by atoms with Gasteiger partial charge in [-0.25, -0.2) is 0 Å². The summed E-state index contributed by atoms with van der Waals surface area (Å²) in [5, 5.41) is 3.57. The third-order valence-electron chi connectivity index (χ3n) is 9.59. The number of para-hydroxylation sites is 2. The number of anilines is 2. The summed E-state index contributed by atoms with van der Waals surface area (Å²) in [4.78, 5) is 0. The van der Waals surface area contributed by atoms with E-state index in [-0.39, 0.29) is 10.8 Å². The summed E-state index contributed by atoms with van der Waals surface area (Å²) in [7, 11) is 0.